The number of anilines is 2. The van der Waals surface area contributed by atoms with Crippen LogP contribution in [0.2, 0.25) is 0 Å². The van der Waals surface area contributed by atoms with Gasteiger partial charge in [0.2, 0.25) is 0 Å². The number of aliphatic hydroxyl groups excluding tert-OH is 1. The second-order valence-corrected chi connectivity index (χ2v) is 5.01. The molecule has 5 heteroatoms. The maximum Gasteiger partial charge on any atom is 0.136 e. The summed E-state index contributed by atoms with van der Waals surface area (Å²) in [5.41, 5.74) is 0. The van der Waals surface area contributed by atoms with Crippen molar-refractivity contribution in [2.24, 2.45) is 0 Å². The molecular formula is C14H24N4O. The number of nitrogens with one attached hydrogen (secondary N) is 2. The van der Waals surface area contributed by atoms with Crippen LogP contribution in [0.4, 0.5) is 11.6 Å². The van der Waals surface area contributed by atoms with Crippen molar-refractivity contribution in [3.05, 3.63) is 11.9 Å². The van der Waals surface area contributed by atoms with E-state index in [4.69, 9.17) is 5.11 Å². The van der Waals surface area contributed by atoms with E-state index in [0.29, 0.717) is 5.92 Å². The van der Waals surface area contributed by atoms with Gasteiger partial charge in [0.15, 0.2) is 0 Å². The Morgan fingerprint density at radius 2 is 1.89 bits per heavy atom. The van der Waals surface area contributed by atoms with Crippen molar-refractivity contribution in [3.63, 3.8) is 0 Å². The lowest BCUT2D eigenvalue weighted by Gasteiger charge is -2.10. The summed E-state index contributed by atoms with van der Waals surface area (Å²) in [6.45, 7) is 4.12. The van der Waals surface area contributed by atoms with E-state index >= 15 is 0 Å². The average molecular weight is 264 g/mol. The summed E-state index contributed by atoms with van der Waals surface area (Å²) in [4.78, 5) is 9.13. The lowest BCUT2D eigenvalue weighted by molar-refractivity contribution is 0.283. The zero-order valence-electron chi connectivity index (χ0n) is 11.7. The zero-order valence-corrected chi connectivity index (χ0v) is 11.7. The second-order valence-electron chi connectivity index (χ2n) is 5.01. The molecule has 5 nitrogen and oxygen atoms in total. The van der Waals surface area contributed by atoms with E-state index in [1.165, 1.54) is 12.8 Å². The van der Waals surface area contributed by atoms with Gasteiger partial charge in [-0.1, -0.05) is 0 Å². The summed E-state index contributed by atoms with van der Waals surface area (Å²) in [6.07, 6.45) is 5.41. The van der Waals surface area contributed by atoms with Crippen LogP contribution in [-0.2, 0) is 0 Å². The van der Waals surface area contributed by atoms with Gasteiger partial charge in [0.25, 0.3) is 0 Å². The molecule has 0 radical (unpaired) electrons. The first kappa shape index (κ1) is 14.1. The highest BCUT2D eigenvalue weighted by molar-refractivity contribution is 5.48. The molecule has 1 aromatic heterocycles. The van der Waals surface area contributed by atoms with Crippen LogP contribution in [0, 0.1) is 0 Å². The van der Waals surface area contributed by atoms with Crippen molar-refractivity contribution < 1.29 is 5.11 Å². The third-order valence-corrected chi connectivity index (χ3v) is 3.18. The first-order valence-electron chi connectivity index (χ1n) is 7.31. The van der Waals surface area contributed by atoms with E-state index in [2.05, 4.69) is 27.5 Å². The number of hydrogen-bond acceptors (Lipinski definition) is 5. The third-order valence-electron chi connectivity index (χ3n) is 3.18. The SMILES string of the molecule is CCNc1cc(NCCCCCO)nc(C2CC2)n1. The molecule has 3 N–H and O–H groups in total. The maximum atomic E-state index is 8.73. The van der Waals surface area contributed by atoms with Crippen molar-refractivity contribution in [1.29, 1.82) is 0 Å². The third kappa shape index (κ3) is 4.67. The molecule has 0 unspecified atom stereocenters. The lowest BCUT2D eigenvalue weighted by atomic mass is 10.2. The predicted octanol–water partition coefficient (Wildman–Crippen LogP) is 2.36. The fraction of sp³-hybridized carbons (Fsp3) is 0.714. The minimum Gasteiger partial charge on any atom is -0.396 e. The number of hydrogen-bond donors (Lipinski definition) is 3. The van der Waals surface area contributed by atoms with Crippen LogP contribution in [0.1, 0.15) is 50.8 Å². The minimum atomic E-state index is 0.282. The number of nitrogens with zero attached hydrogens (tertiary/aromatic N) is 2. The van der Waals surface area contributed by atoms with Gasteiger partial charge >= 0.3 is 0 Å². The highest BCUT2D eigenvalue weighted by Gasteiger charge is 2.27. The predicted molar refractivity (Wildman–Crippen MR) is 77.6 cm³/mol. The van der Waals surface area contributed by atoms with Crippen LogP contribution >= 0.6 is 0 Å². The molecule has 1 saturated carbocycles. The number of aromatic nitrogens is 2. The van der Waals surface area contributed by atoms with E-state index in [-0.39, 0.29) is 6.61 Å². The molecule has 0 aromatic carbocycles. The van der Waals surface area contributed by atoms with Gasteiger partial charge in [-0.25, -0.2) is 9.97 Å². The number of unbranched alkanes of at least 4 members (excludes halogenated alkanes) is 2. The second kappa shape index (κ2) is 7.28. The van der Waals surface area contributed by atoms with E-state index in [1.54, 1.807) is 0 Å². The monoisotopic (exact) mass is 264 g/mol. The van der Waals surface area contributed by atoms with E-state index in [9.17, 15) is 0 Å². The molecule has 2 rings (SSSR count). The summed E-state index contributed by atoms with van der Waals surface area (Å²) >= 11 is 0. The molecule has 1 aliphatic carbocycles. The highest BCUT2D eigenvalue weighted by atomic mass is 16.2. The van der Waals surface area contributed by atoms with Gasteiger partial charge in [0.1, 0.15) is 17.5 Å². The first-order valence-corrected chi connectivity index (χ1v) is 7.31. The largest absolute Gasteiger partial charge is 0.396 e. The molecule has 0 saturated heterocycles. The average Bonchev–Trinajstić information content (AvgIpc) is 3.23. The zero-order chi connectivity index (χ0) is 13.5. The molecule has 0 atom stereocenters. The summed E-state index contributed by atoms with van der Waals surface area (Å²) in [5.74, 6) is 3.36. The highest BCUT2D eigenvalue weighted by Crippen LogP contribution is 2.38. The van der Waals surface area contributed by atoms with E-state index in [1.807, 2.05) is 6.07 Å². The normalized spacial score (nSPS) is 14.4. The molecule has 0 amide bonds. The number of rotatable bonds is 9. The van der Waals surface area contributed by atoms with Gasteiger partial charge in [0, 0.05) is 31.7 Å². The van der Waals surface area contributed by atoms with Gasteiger partial charge in [-0.3, -0.25) is 0 Å². The van der Waals surface area contributed by atoms with Gasteiger partial charge in [-0.15, -0.1) is 0 Å². The molecular weight excluding hydrogens is 240 g/mol. The van der Waals surface area contributed by atoms with Crippen molar-refractivity contribution in [2.75, 3.05) is 30.3 Å². The van der Waals surface area contributed by atoms with Gasteiger partial charge in [0.05, 0.1) is 0 Å². The van der Waals surface area contributed by atoms with Crippen LogP contribution in [0.15, 0.2) is 6.07 Å². The number of aliphatic hydroxyl groups is 1. The summed E-state index contributed by atoms with van der Waals surface area (Å²) in [5, 5.41) is 15.3. The smallest absolute Gasteiger partial charge is 0.136 e. The molecule has 1 aliphatic rings. The minimum absolute atomic E-state index is 0.282. The first-order chi connectivity index (χ1) is 9.33. The van der Waals surface area contributed by atoms with E-state index in [0.717, 1.165) is 49.8 Å². The Kier molecular flexibility index (Phi) is 5.39. The van der Waals surface area contributed by atoms with Crippen molar-refractivity contribution >= 4 is 11.6 Å². The molecule has 0 spiro atoms. The Hall–Kier alpha value is -1.36. The fourth-order valence-corrected chi connectivity index (χ4v) is 1.98. The molecule has 1 fully saturated rings. The lowest BCUT2D eigenvalue weighted by Crippen LogP contribution is -2.08. The van der Waals surface area contributed by atoms with Crippen LogP contribution in [0.3, 0.4) is 0 Å². The summed E-state index contributed by atoms with van der Waals surface area (Å²) < 4.78 is 0. The molecule has 1 heterocycles. The molecule has 106 valence electrons. The van der Waals surface area contributed by atoms with Gasteiger partial charge in [-0.05, 0) is 39.0 Å². The molecule has 0 aliphatic heterocycles. The van der Waals surface area contributed by atoms with Crippen LogP contribution in [0.5, 0.6) is 0 Å². The molecule has 1 aromatic rings. The van der Waals surface area contributed by atoms with Gasteiger partial charge < -0.3 is 15.7 Å². The van der Waals surface area contributed by atoms with Crippen LogP contribution in [-0.4, -0.2) is 34.8 Å². The Morgan fingerprint density at radius 3 is 2.53 bits per heavy atom. The maximum absolute atomic E-state index is 8.73. The van der Waals surface area contributed by atoms with Gasteiger partial charge in [-0.2, -0.15) is 0 Å². The van der Waals surface area contributed by atoms with Crippen molar-refractivity contribution in [1.82, 2.24) is 9.97 Å². The Balaban J connectivity index is 1.90. The van der Waals surface area contributed by atoms with Crippen LogP contribution in [0.25, 0.3) is 0 Å². The summed E-state index contributed by atoms with van der Waals surface area (Å²) in [6, 6.07) is 1.97. The Bertz CT molecular complexity index is 393. The molecule has 19 heavy (non-hydrogen) atoms. The van der Waals surface area contributed by atoms with Crippen LogP contribution < -0.4 is 10.6 Å². The quantitative estimate of drug-likeness (QED) is 0.597. The molecule has 0 bridgehead atoms. The standard InChI is InChI=1S/C14H24N4O/c1-2-15-12-10-13(16-8-4-3-5-9-19)18-14(17-12)11-6-7-11/h10-11,19H,2-9H2,1H3,(H2,15,16,17,18). The van der Waals surface area contributed by atoms with Crippen molar-refractivity contribution in [2.45, 2.75) is 44.9 Å². The van der Waals surface area contributed by atoms with Crippen molar-refractivity contribution in [3.8, 4) is 0 Å². The fourth-order valence-electron chi connectivity index (χ4n) is 1.98. The van der Waals surface area contributed by atoms with E-state index < -0.39 is 0 Å². The topological polar surface area (TPSA) is 70.1 Å². The Labute approximate surface area is 114 Å². The Morgan fingerprint density at radius 1 is 1.16 bits per heavy atom. The summed E-state index contributed by atoms with van der Waals surface area (Å²) in [7, 11) is 0.